The molecule has 150 valence electrons. The number of hydrogen-bond acceptors (Lipinski definition) is 6. The molecule has 4 heterocycles. The Labute approximate surface area is 171 Å². The predicted molar refractivity (Wildman–Crippen MR) is 108 cm³/mol. The van der Waals surface area contributed by atoms with Gasteiger partial charge < -0.3 is 19.4 Å². The van der Waals surface area contributed by atoms with Gasteiger partial charge in [-0.15, -0.1) is 0 Å². The van der Waals surface area contributed by atoms with Gasteiger partial charge in [-0.05, 0) is 55.3 Å². The Morgan fingerprint density at radius 1 is 1.29 bits per heavy atom. The Bertz CT molecular complexity index is 939. The SMILES string of the molecule is CC(=O)Nc1cc(Br)c2oc(N3CC4CC(C3)N4C(=O)OC(C)(C)C)nc2c1. The van der Waals surface area contributed by atoms with Crippen molar-refractivity contribution in [1.29, 1.82) is 0 Å². The molecular weight excluding hydrogens is 428 g/mol. The number of aromatic nitrogens is 1. The number of amides is 2. The number of halogens is 1. The number of rotatable bonds is 2. The van der Waals surface area contributed by atoms with E-state index in [0.717, 1.165) is 10.9 Å². The van der Waals surface area contributed by atoms with Crippen LogP contribution in [-0.2, 0) is 9.53 Å². The molecule has 2 unspecified atom stereocenters. The summed E-state index contributed by atoms with van der Waals surface area (Å²) in [6, 6.07) is 4.29. The highest BCUT2D eigenvalue weighted by molar-refractivity contribution is 9.10. The number of ether oxygens (including phenoxy) is 1. The fraction of sp³-hybridized carbons (Fsp3) is 0.526. The van der Waals surface area contributed by atoms with Crippen LogP contribution in [0.3, 0.4) is 0 Å². The van der Waals surface area contributed by atoms with Crippen molar-refractivity contribution in [3.05, 3.63) is 16.6 Å². The molecule has 3 saturated heterocycles. The molecule has 1 aromatic heterocycles. The summed E-state index contributed by atoms with van der Waals surface area (Å²) >= 11 is 3.48. The van der Waals surface area contributed by atoms with Crippen molar-refractivity contribution in [3.63, 3.8) is 0 Å². The van der Waals surface area contributed by atoms with E-state index in [9.17, 15) is 9.59 Å². The van der Waals surface area contributed by atoms with Crippen molar-refractivity contribution >= 4 is 50.7 Å². The highest BCUT2D eigenvalue weighted by atomic mass is 79.9. The van der Waals surface area contributed by atoms with Gasteiger partial charge in [0.25, 0.3) is 6.01 Å². The summed E-state index contributed by atoms with van der Waals surface area (Å²) in [6.45, 7) is 8.38. The lowest BCUT2D eigenvalue weighted by molar-refractivity contribution is -0.114. The number of nitrogens with one attached hydrogen (secondary N) is 1. The number of carbonyl (C=O) groups is 2. The fourth-order valence-electron chi connectivity index (χ4n) is 3.77. The standard InChI is InChI=1S/C19H23BrN4O4/c1-10(25)21-11-5-14(20)16-15(6-11)22-17(27-16)23-8-12-7-13(9-23)24(12)18(26)28-19(2,3)4/h5-6,12-13H,7-9H2,1-4H3,(H,21,25). The van der Waals surface area contributed by atoms with Gasteiger partial charge in [0.1, 0.15) is 11.1 Å². The minimum Gasteiger partial charge on any atom is -0.444 e. The Hall–Kier alpha value is -2.29. The van der Waals surface area contributed by atoms with Crippen LogP contribution in [0.2, 0.25) is 0 Å². The smallest absolute Gasteiger partial charge is 0.410 e. The van der Waals surface area contributed by atoms with E-state index in [1.165, 1.54) is 6.92 Å². The summed E-state index contributed by atoms with van der Waals surface area (Å²) < 4.78 is 12.2. The molecule has 8 nitrogen and oxygen atoms in total. The number of benzene rings is 1. The van der Waals surface area contributed by atoms with Gasteiger partial charge in [0, 0.05) is 25.7 Å². The monoisotopic (exact) mass is 450 g/mol. The van der Waals surface area contributed by atoms with E-state index in [1.807, 2.05) is 25.7 Å². The zero-order valence-corrected chi connectivity index (χ0v) is 17.9. The van der Waals surface area contributed by atoms with E-state index in [-0.39, 0.29) is 24.1 Å². The molecular formula is C19H23BrN4O4. The molecule has 1 N–H and O–H groups in total. The summed E-state index contributed by atoms with van der Waals surface area (Å²) in [5.41, 5.74) is 1.45. The first kappa shape index (κ1) is 19.0. The van der Waals surface area contributed by atoms with Gasteiger partial charge in [0.2, 0.25) is 5.91 Å². The number of piperazine rings is 1. The van der Waals surface area contributed by atoms with Gasteiger partial charge in [-0.2, -0.15) is 4.98 Å². The molecule has 0 saturated carbocycles. The van der Waals surface area contributed by atoms with Crippen LogP contribution in [0.15, 0.2) is 21.0 Å². The van der Waals surface area contributed by atoms with E-state index in [4.69, 9.17) is 9.15 Å². The van der Waals surface area contributed by atoms with E-state index < -0.39 is 5.60 Å². The second kappa shape index (κ2) is 6.65. The Morgan fingerprint density at radius 2 is 1.96 bits per heavy atom. The van der Waals surface area contributed by atoms with Crippen molar-refractivity contribution in [1.82, 2.24) is 9.88 Å². The third-order valence-corrected chi connectivity index (χ3v) is 5.41. The Kier molecular flexibility index (Phi) is 4.52. The number of nitrogens with zero attached hydrogens (tertiary/aromatic N) is 3. The van der Waals surface area contributed by atoms with Crippen LogP contribution in [-0.4, -0.2) is 52.7 Å². The number of oxazole rings is 1. The number of piperidine rings is 1. The summed E-state index contributed by atoms with van der Waals surface area (Å²) in [5.74, 6) is -0.145. The summed E-state index contributed by atoms with van der Waals surface area (Å²) in [5, 5.41) is 2.76. The average molecular weight is 451 g/mol. The molecule has 0 spiro atoms. The van der Waals surface area contributed by atoms with Crippen LogP contribution in [0.5, 0.6) is 0 Å². The van der Waals surface area contributed by atoms with Gasteiger partial charge >= 0.3 is 6.09 Å². The topological polar surface area (TPSA) is 87.9 Å². The predicted octanol–water partition coefficient (Wildman–Crippen LogP) is 3.75. The van der Waals surface area contributed by atoms with Gasteiger partial charge in [0.15, 0.2) is 5.58 Å². The fourth-order valence-corrected chi connectivity index (χ4v) is 4.30. The molecule has 28 heavy (non-hydrogen) atoms. The molecule has 9 heteroatoms. The number of fused-ring (bicyclic) bond motifs is 3. The second-order valence-electron chi connectivity index (χ2n) is 8.32. The number of carbonyl (C=O) groups excluding carboxylic acids is 2. The number of hydrogen-bond donors (Lipinski definition) is 1. The Morgan fingerprint density at radius 3 is 2.57 bits per heavy atom. The van der Waals surface area contributed by atoms with Crippen LogP contribution >= 0.6 is 15.9 Å². The minimum atomic E-state index is -0.501. The van der Waals surface area contributed by atoms with E-state index >= 15 is 0 Å². The van der Waals surface area contributed by atoms with Gasteiger partial charge in [-0.1, -0.05) is 0 Å². The van der Waals surface area contributed by atoms with Crippen LogP contribution in [0.25, 0.3) is 11.1 Å². The zero-order valence-electron chi connectivity index (χ0n) is 16.3. The summed E-state index contributed by atoms with van der Waals surface area (Å²) in [6.07, 6.45) is 0.709. The van der Waals surface area contributed by atoms with Crippen LogP contribution in [0.1, 0.15) is 34.1 Å². The molecule has 0 aliphatic carbocycles. The maximum atomic E-state index is 12.4. The average Bonchev–Trinajstić information content (AvgIpc) is 2.97. The lowest BCUT2D eigenvalue weighted by atomic mass is 9.88. The maximum absolute atomic E-state index is 12.4. The van der Waals surface area contributed by atoms with Gasteiger partial charge in [-0.3, -0.25) is 9.69 Å². The highest BCUT2D eigenvalue weighted by Gasteiger charge is 2.49. The van der Waals surface area contributed by atoms with Crippen LogP contribution in [0.4, 0.5) is 16.5 Å². The molecule has 3 aliphatic heterocycles. The summed E-state index contributed by atoms with van der Waals surface area (Å²) in [7, 11) is 0. The molecule has 2 atom stereocenters. The lowest BCUT2D eigenvalue weighted by Gasteiger charge is -2.55. The van der Waals surface area contributed by atoms with E-state index in [0.29, 0.717) is 35.9 Å². The minimum absolute atomic E-state index is 0.0991. The molecule has 5 rings (SSSR count). The van der Waals surface area contributed by atoms with Gasteiger partial charge in [0.05, 0.1) is 16.6 Å². The molecule has 2 bridgehead atoms. The molecule has 3 fully saturated rings. The summed E-state index contributed by atoms with van der Waals surface area (Å²) in [4.78, 5) is 32.2. The van der Waals surface area contributed by atoms with Crippen LogP contribution in [0, 0.1) is 0 Å². The van der Waals surface area contributed by atoms with E-state index in [1.54, 1.807) is 12.1 Å². The Balaban J connectivity index is 1.51. The number of anilines is 2. The van der Waals surface area contributed by atoms with Crippen molar-refractivity contribution < 1.29 is 18.7 Å². The quantitative estimate of drug-likeness (QED) is 0.749. The van der Waals surface area contributed by atoms with Crippen LogP contribution < -0.4 is 10.2 Å². The van der Waals surface area contributed by atoms with Crippen molar-refractivity contribution in [2.24, 2.45) is 0 Å². The van der Waals surface area contributed by atoms with Crippen molar-refractivity contribution in [3.8, 4) is 0 Å². The zero-order chi connectivity index (χ0) is 20.2. The lowest BCUT2D eigenvalue weighted by Crippen LogP contribution is -2.70. The third kappa shape index (κ3) is 3.55. The first-order valence-electron chi connectivity index (χ1n) is 9.24. The first-order chi connectivity index (χ1) is 13.1. The van der Waals surface area contributed by atoms with Gasteiger partial charge in [-0.25, -0.2) is 4.79 Å². The third-order valence-electron chi connectivity index (χ3n) is 4.82. The highest BCUT2D eigenvalue weighted by Crippen LogP contribution is 2.38. The molecule has 1 aromatic carbocycles. The largest absolute Gasteiger partial charge is 0.444 e. The second-order valence-corrected chi connectivity index (χ2v) is 9.17. The van der Waals surface area contributed by atoms with Crippen molar-refractivity contribution in [2.75, 3.05) is 23.3 Å². The molecule has 3 aliphatic rings. The normalized spacial score (nSPS) is 21.5. The molecule has 0 radical (unpaired) electrons. The molecule has 2 amide bonds. The molecule has 2 aromatic rings. The first-order valence-corrected chi connectivity index (χ1v) is 10.0. The maximum Gasteiger partial charge on any atom is 0.410 e. The van der Waals surface area contributed by atoms with E-state index in [2.05, 4.69) is 31.1 Å². The van der Waals surface area contributed by atoms with Crippen molar-refractivity contribution in [2.45, 2.75) is 51.8 Å².